The van der Waals surface area contributed by atoms with Crippen molar-refractivity contribution in [2.75, 3.05) is 0 Å². The Morgan fingerprint density at radius 2 is 1.90 bits per heavy atom. The third-order valence-electron chi connectivity index (χ3n) is 3.09. The summed E-state index contributed by atoms with van der Waals surface area (Å²) in [5.74, 6) is -0.245. The molecule has 0 aliphatic carbocycles. The van der Waals surface area contributed by atoms with E-state index in [-0.39, 0.29) is 12.1 Å². The van der Waals surface area contributed by atoms with E-state index in [9.17, 15) is 4.79 Å². The lowest BCUT2D eigenvalue weighted by Crippen LogP contribution is -2.09. The molecule has 0 spiro atoms. The van der Waals surface area contributed by atoms with Crippen molar-refractivity contribution < 1.29 is 9.53 Å². The zero-order valence-electron chi connectivity index (χ0n) is 11.6. The van der Waals surface area contributed by atoms with E-state index in [1.54, 1.807) is 24.5 Å². The van der Waals surface area contributed by atoms with Crippen LogP contribution in [0.5, 0.6) is 0 Å². The molecule has 0 N–H and O–H groups in total. The van der Waals surface area contributed by atoms with E-state index >= 15 is 0 Å². The van der Waals surface area contributed by atoms with Crippen LogP contribution >= 0.6 is 23.2 Å². The largest absolute Gasteiger partial charge is 0.458 e. The van der Waals surface area contributed by atoms with Crippen molar-refractivity contribution in [1.82, 2.24) is 4.98 Å². The fourth-order valence-corrected chi connectivity index (χ4v) is 2.22. The molecule has 1 atom stereocenters. The van der Waals surface area contributed by atoms with Gasteiger partial charge in [-0.3, -0.25) is 9.78 Å². The number of benzene rings is 1. The molecule has 0 saturated heterocycles. The molecule has 21 heavy (non-hydrogen) atoms. The Bertz CT molecular complexity index is 617. The molecule has 0 aliphatic rings. The number of rotatable bonds is 5. The summed E-state index contributed by atoms with van der Waals surface area (Å²) in [5.41, 5.74) is 1.88. The number of carbonyl (C=O) groups excluding carboxylic acids is 1. The molecular formula is C16H15Cl2NO2. The number of carbonyl (C=O) groups is 1. The maximum Gasteiger partial charge on any atom is 0.306 e. The third-order valence-corrected chi connectivity index (χ3v) is 3.82. The predicted octanol–water partition coefficient (Wildman–Crippen LogP) is 4.63. The average Bonchev–Trinajstić information content (AvgIpc) is 2.49. The first-order valence-corrected chi connectivity index (χ1v) is 7.35. The summed E-state index contributed by atoms with van der Waals surface area (Å²) in [5, 5.41) is 1.00. The van der Waals surface area contributed by atoms with Crippen molar-refractivity contribution in [1.29, 1.82) is 0 Å². The van der Waals surface area contributed by atoms with Gasteiger partial charge in [0, 0.05) is 18.8 Å². The summed E-state index contributed by atoms with van der Waals surface area (Å²) in [7, 11) is 0. The molecule has 2 rings (SSSR count). The molecule has 1 aromatic heterocycles. The maximum absolute atomic E-state index is 11.9. The minimum Gasteiger partial charge on any atom is -0.458 e. The van der Waals surface area contributed by atoms with Crippen molar-refractivity contribution >= 4 is 29.2 Å². The highest BCUT2D eigenvalue weighted by molar-refractivity contribution is 6.42. The number of pyridine rings is 1. The monoisotopic (exact) mass is 323 g/mol. The summed E-state index contributed by atoms with van der Waals surface area (Å²) in [6.45, 7) is 1.84. The van der Waals surface area contributed by atoms with Gasteiger partial charge in [-0.1, -0.05) is 29.3 Å². The second-order valence-electron chi connectivity index (χ2n) is 4.66. The van der Waals surface area contributed by atoms with Gasteiger partial charge >= 0.3 is 5.97 Å². The number of hydrogen-bond acceptors (Lipinski definition) is 3. The van der Waals surface area contributed by atoms with E-state index in [2.05, 4.69) is 4.98 Å². The molecule has 2 aromatic rings. The van der Waals surface area contributed by atoms with Gasteiger partial charge in [-0.05, 0) is 48.7 Å². The fourth-order valence-electron chi connectivity index (χ4n) is 1.90. The number of ether oxygens (including phenoxy) is 1. The van der Waals surface area contributed by atoms with E-state index in [1.165, 1.54) is 0 Å². The molecular weight excluding hydrogens is 309 g/mol. The van der Waals surface area contributed by atoms with Crippen LogP contribution in [0.1, 0.15) is 30.6 Å². The molecule has 1 aromatic carbocycles. The number of hydrogen-bond donors (Lipinski definition) is 0. The smallest absolute Gasteiger partial charge is 0.306 e. The molecule has 0 fully saturated rings. The quantitative estimate of drug-likeness (QED) is 0.753. The summed E-state index contributed by atoms with van der Waals surface area (Å²) in [4.78, 5) is 15.8. The SMILES string of the molecule is CC(OC(=O)CCc1ccc(Cl)c(Cl)c1)c1ccncc1. The van der Waals surface area contributed by atoms with E-state index < -0.39 is 0 Å². The standard InChI is InChI=1S/C16H15Cl2NO2/c1-11(13-6-8-19-9-7-13)21-16(20)5-3-12-2-4-14(17)15(18)10-12/h2,4,6-11H,3,5H2,1H3. The van der Waals surface area contributed by atoms with Gasteiger partial charge in [0.1, 0.15) is 6.10 Å². The first-order chi connectivity index (χ1) is 10.1. The highest BCUT2D eigenvalue weighted by Crippen LogP contribution is 2.23. The number of aryl methyl sites for hydroxylation is 1. The highest BCUT2D eigenvalue weighted by atomic mass is 35.5. The van der Waals surface area contributed by atoms with Crippen LogP contribution in [0.2, 0.25) is 10.0 Å². The van der Waals surface area contributed by atoms with Gasteiger partial charge in [0.15, 0.2) is 0 Å². The Labute approximate surface area is 133 Å². The molecule has 0 aliphatic heterocycles. The van der Waals surface area contributed by atoms with Gasteiger partial charge in [-0.25, -0.2) is 0 Å². The summed E-state index contributed by atoms with van der Waals surface area (Å²) in [6.07, 6.45) is 3.94. The van der Waals surface area contributed by atoms with Gasteiger partial charge in [-0.2, -0.15) is 0 Å². The summed E-state index contributed by atoms with van der Waals surface area (Å²) in [6, 6.07) is 9.01. The number of nitrogens with zero attached hydrogens (tertiary/aromatic N) is 1. The molecule has 5 heteroatoms. The lowest BCUT2D eigenvalue weighted by atomic mass is 10.1. The normalized spacial score (nSPS) is 12.0. The van der Waals surface area contributed by atoms with Crippen molar-refractivity contribution in [3.8, 4) is 0 Å². The minimum absolute atomic E-state index is 0.245. The number of esters is 1. The van der Waals surface area contributed by atoms with E-state index in [4.69, 9.17) is 27.9 Å². The zero-order valence-corrected chi connectivity index (χ0v) is 13.1. The average molecular weight is 324 g/mol. The minimum atomic E-state index is -0.283. The molecule has 0 amide bonds. The van der Waals surface area contributed by atoms with E-state index in [0.717, 1.165) is 11.1 Å². The Hall–Kier alpha value is -1.58. The molecule has 1 heterocycles. The summed E-state index contributed by atoms with van der Waals surface area (Å²) < 4.78 is 5.39. The molecule has 110 valence electrons. The van der Waals surface area contributed by atoms with Crippen LogP contribution in [0.4, 0.5) is 0 Å². The molecule has 3 nitrogen and oxygen atoms in total. The highest BCUT2D eigenvalue weighted by Gasteiger charge is 2.11. The maximum atomic E-state index is 11.9. The van der Waals surface area contributed by atoms with Crippen molar-refractivity contribution in [3.63, 3.8) is 0 Å². The molecule has 0 radical (unpaired) electrons. The Kier molecular flexibility index (Phi) is 5.59. The molecule has 1 unspecified atom stereocenters. The van der Waals surface area contributed by atoms with Crippen LogP contribution in [0, 0.1) is 0 Å². The van der Waals surface area contributed by atoms with E-state index in [0.29, 0.717) is 22.9 Å². The Morgan fingerprint density at radius 1 is 1.19 bits per heavy atom. The van der Waals surface area contributed by atoms with Gasteiger partial charge in [-0.15, -0.1) is 0 Å². The Balaban J connectivity index is 1.86. The van der Waals surface area contributed by atoms with Crippen molar-refractivity contribution in [2.24, 2.45) is 0 Å². The van der Waals surface area contributed by atoms with Gasteiger partial charge in [0.2, 0.25) is 0 Å². The number of aromatic nitrogens is 1. The second kappa shape index (κ2) is 7.43. The van der Waals surface area contributed by atoms with Crippen LogP contribution in [0.3, 0.4) is 0 Å². The predicted molar refractivity (Wildman–Crippen MR) is 83.5 cm³/mol. The molecule has 0 bridgehead atoms. The van der Waals surface area contributed by atoms with Crippen LogP contribution in [-0.2, 0) is 16.0 Å². The van der Waals surface area contributed by atoms with Gasteiger partial charge < -0.3 is 4.74 Å². The Morgan fingerprint density at radius 3 is 2.57 bits per heavy atom. The topological polar surface area (TPSA) is 39.2 Å². The lowest BCUT2D eigenvalue weighted by molar-refractivity contribution is -0.148. The lowest BCUT2D eigenvalue weighted by Gasteiger charge is -2.13. The third kappa shape index (κ3) is 4.73. The van der Waals surface area contributed by atoms with Crippen LogP contribution in [0.15, 0.2) is 42.7 Å². The second-order valence-corrected chi connectivity index (χ2v) is 5.48. The zero-order chi connectivity index (χ0) is 15.2. The van der Waals surface area contributed by atoms with Crippen molar-refractivity contribution in [3.05, 3.63) is 63.9 Å². The molecule has 0 saturated carbocycles. The fraction of sp³-hybridized carbons (Fsp3) is 0.250. The first kappa shape index (κ1) is 15.8. The van der Waals surface area contributed by atoms with Crippen LogP contribution in [-0.4, -0.2) is 11.0 Å². The number of halogens is 2. The van der Waals surface area contributed by atoms with E-state index in [1.807, 2.05) is 25.1 Å². The summed E-state index contributed by atoms with van der Waals surface area (Å²) >= 11 is 11.8. The van der Waals surface area contributed by atoms with Gasteiger partial charge in [0.05, 0.1) is 10.0 Å². The van der Waals surface area contributed by atoms with Crippen molar-refractivity contribution in [2.45, 2.75) is 25.9 Å². The first-order valence-electron chi connectivity index (χ1n) is 6.59. The van der Waals surface area contributed by atoms with Gasteiger partial charge in [0.25, 0.3) is 0 Å². The van der Waals surface area contributed by atoms with Crippen LogP contribution < -0.4 is 0 Å². The van der Waals surface area contributed by atoms with Crippen LogP contribution in [0.25, 0.3) is 0 Å².